The number of halogens is 5. The lowest BCUT2D eigenvalue weighted by Gasteiger charge is -2.27. The Balaban J connectivity index is 5.55. The van der Waals surface area contributed by atoms with E-state index in [9.17, 15) is 26.7 Å². The summed E-state index contributed by atoms with van der Waals surface area (Å²) in [6.07, 6.45) is -2.93. The lowest BCUT2D eigenvalue weighted by atomic mass is 10.1. The molecule has 0 unspecified atom stereocenters. The summed E-state index contributed by atoms with van der Waals surface area (Å²) in [6, 6.07) is 0. The van der Waals surface area contributed by atoms with Gasteiger partial charge in [0.25, 0.3) is 0 Å². The standard InChI is InChI=1S/C14H18F5NO2/c1-4-7-20(8-5-2)10-11(9-12(21)22-6-3)13(15,16)14(17,18)19/h4-5,9H,1-2,6-8,10H2,3H3/b11-9+. The predicted molar refractivity (Wildman–Crippen MR) is 72.6 cm³/mol. The van der Waals surface area contributed by atoms with Gasteiger partial charge in [0.1, 0.15) is 0 Å². The molecule has 8 heteroatoms. The highest BCUT2D eigenvalue weighted by atomic mass is 19.4. The zero-order chi connectivity index (χ0) is 17.4. The molecule has 0 amide bonds. The minimum absolute atomic E-state index is 0.0557. The predicted octanol–water partition coefficient (Wildman–Crippen LogP) is 3.35. The lowest BCUT2D eigenvalue weighted by molar-refractivity contribution is -0.265. The van der Waals surface area contributed by atoms with Crippen LogP contribution in [0.15, 0.2) is 37.0 Å². The number of hydrogen-bond acceptors (Lipinski definition) is 3. The maximum atomic E-state index is 13.6. The summed E-state index contributed by atoms with van der Waals surface area (Å²) in [5.41, 5.74) is -1.39. The van der Waals surface area contributed by atoms with E-state index in [1.54, 1.807) is 0 Å². The molecule has 0 atom stereocenters. The van der Waals surface area contributed by atoms with Gasteiger partial charge in [-0.25, -0.2) is 4.79 Å². The van der Waals surface area contributed by atoms with Gasteiger partial charge >= 0.3 is 18.1 Å². The van der Waals surface area contributed by atoms with Crippen LogP contribution in [0, 0.1) is 0 Å². The molecule has 126 valence electrons. The van der Waals surface area contributed by atoms with Crippen molar-refractivity contribution in [3.63, 3.8) is 0 Å². The molecule has 0 radical (unpaired) electrons. The average Bonchev–Trinajstić information content (AvgIpc) is 2.37. The fraction of sp³-hybridized carbons (Fsp3) is 0.500. The van der Waals surface area contributed by atoms with Crippen molar-refractivity contribution < 1.29 is 31.5 Å². The summed E-state index contributed by atoms with van der Waals surface area (Å²) in [4.78, 5) is 12.5. The van der Waals surface area contributed by atoms with Crippen molar-refractivity contribution >= 4 is 5.97 Å². The highest BCUT2D eigenvalue weighted by Gasteiger charge is 2.60. The number of ether oxygens (including phenoxy) is 1. The third-order valence-electron chi connectivity index (χ3n) is 2.51. The molecule has 0 saturated heterocycles. The largest absolute Gasteiger partial charge is 0.463 e. The van der Waals surface area contributed by atoms with E-state index in [0.717, 1.165) is 0 Å². The summed E-state index contributed by atoms with van der Waals surface area (Å²) in [7, 11) is 0. The van der Waals surface area contributed by atoms with E-state index in [1.165, 1.54) is 24.0 Å². The molecule has 0 spiro atoms. The molecule has 0 aliphatic heterocycles. The van der Waals surface area contributed by atoms with E-state index in [0.29, 0.717) is 0 Å². The van der Waals surface area contributed by atoms with Gasteiger partial charge in [0.2, 0.25) is 0 Å². The van der Waals surface area contributed by atoms with Crippen molar-refractivity contribution in [2.75, 3.05) is 26.2 Å². The zero-order valence-corrected chi connectivity index (χ0v) is 12.1. The minimum atomic E-state index is -5.81. The summed E-state index contributed by atoms with van der Waals surface area (Å²) in [6.45, 7) is 7.40. The summed E-state index contributed by atoms with van der Waals surface area (Å²) in [5.74, 6) is -6.39. The van der Waals surface area contributed by atoms with E-state index >= 15 is 0 Å². The number of esters is 1. The van der Waals surface area contributed by atoms with E-state index < -0.39 is 30.2 Å². The van der Waals surface area contributed by atoms with Crippen molar-refractivity contribution in [1.29, 1.82) is 0 Å². The first-order valence-electron chi connectivity index (χ1n) is 6.36. The molecule has 0 rings (SSSR count). The number of carbonyl (C=O) groups is 1. The molecular formula is C14H18F5NO2. The van der Waals surface area contributed by atoms with E-state index in [4.69, 9.17) is 0 Å². The van der Waals surface area contributed by atoms with Crippen LogP contribution in [0.1, 0.15) is 6.92 Å². The molecule has 0 aromatic heterocycles. The topological polar surface area (TPSA) is 29.5 Å². The molecule has 0 aromatic rings. The van der Waals surface area contributed by atoms with Gasteiger partial charge in [-0.1, -0.05) is 12.2 Å². The Morgan fingerprint density at radius 1 is 1.14 bits per heavy atom. The minimum Gasteiger partial charge on any atom is -0.463 e. The molecular weight excluding hydrogens is 309 g/mol. The third-order valence-corrected chi connectivity index (χ3v) is 2.51. The van der Waals surface area contributed by atoms with E-state index in [-0.39, 0.29) is 25.8 Å². The molecule has 22 heavy (non-hydrogen) atoms. The second kappa shape index (κ2) is 8.67. The quantitative estimate of drug-likeness (QED) is 0.281. The van der Waals surface area contributed by atoms with Crippen LogP contribution in [0.25, 0.3) is 0 Å². The Labute approximate surface area is 125 Å². The van der Waals surface area contributed by atoms with Gasteiger partial charge in [0.05, 0.1) is 6.61 Å². The first-order valence-corrected chi connectivity index (χ1v) is 6.36. The SMILES string of the molecule is C=CCN(CC=C)C/C(=C\C(=O)OCC)C(F)(F)C(F)(F)F. The number of nitrogens with zero attached hydrogens (tertiary/aromatic N) is 1. The molecule has 3 nitrogen and oxygen atoms in total. The third kappa shape index (κ3) is 5.97. The number of alkyl halides is 5. The van der Waals surface area contributed by atoms with Crippen molar-refractivity contribution in [1.82, 2.24) is 4.90 Å². The Hall–Kier alpha value is -1.70. The van der Waals surface area contributed by atoms with Crippen LogP contribution in [-0.4, -0.2) is 49.2 Å². The highest BCUT2D eigenvalue weighted by molar-refractivity contribution is 5.83. The Morgan fingerprint density at radius 3 is 2.00 bits per heavy atom. The van der Waals surface area contributed by atoms with Crippen molar-refractivity contribution in [3.05, 3.63) is 37.0 Å². The first kappa shape index (κ1) is 20.3. The molecule has 0 aliphatic rings. The molecule has 0 aliphatic carbocycles. The van der Waals surface area contributed by atoms with Crippen molar-refractivity contribution in [3.8, 4) is 0 Å². The smallest absolute Gasteiger partial charge is 0.457 e. The maximum Gasteiger partial charge on any atom is 0.457 e. The van der Waals surface area contributed by atoms with Crippen molar-refractivity contribution in [2.45, 2.75) is 19.0 Å². The summed E-state index contributed by atoms with van der Waals surface area (Å²) in [5, 5.41) is 0. The van der Waals surface area contributed by atoms with Crippen LogP contribution < -0.4 is 0 Å². The molecule has 0 N–H and O–H groups in total. The van der Waals surface area contributed by atoms with Crippen LogP contribution in [0.3, 0.4) is 0 Å². The van der Waals surface area contributed by atoms with E-state index in [1.807, 2.05) is 0 Å². The molecule has 0 aromatic carbocycles. The van der Waals surface area contributed by atoms with Crippen LogP contribution in [0.4, 0.5) is 22.0 Å². The van der Waals surface area contributed by atoms with Crippen LogP contribution >= 0.6 is 0 Å². The van der Waals surface area contributed by atoms with Crippen LogP contribution in [0.5, 0.6) is 0 Å². The van der Waals surface area contributed by atoms with Crippen LogP contribution in [-0.2, 0) is 9.53 Å². The highest BCUT2D eigenvalue weighted by Crippen LogP contribution is 2.41. The van der Waals surface area contributed by atoms with Gasteiger partial charge in [0.15, 0.2) is 0 Å². The number of rotatable bonds is 9. The normalized spacial score (nSPS) is 13.1. The van der Waals surface area contributed by atoms with Gasteiger partial charge < -0.3 is 4.74 Å². The molecule has 0 bridgehead atoms. The number of hydrogen-bond donors (Lipinski definition) is 0. The summed E-state index contributed by atoms with van der Waals surface area (Å²) >= 11 is 0. The summed E-state index contributed by atoms with van der Waals surface area (Å²) < 4.78 is 69.1. The van der Waals surface area contributed by atoms with Gasteiger partial charge in [-0.15, -0.1) is 13.2 Å². The van der Waals surface area contributed by atoms with Gasteiger partial charge in [-0.2, -0.15) is 22.0 Å². The molecule has 0 heterocycles. The van der Waals surface area contributed by atoms with Gasteiger partial charge in [0, 0.05) is 31.3 Å². The first-order chi connectivity index (χ1) is 10.1. The second-order valence-electron chi connectivity index (χ2n) is 4.27. The van der Waals surface area contributed by atoms with Crippen LogP contribution in [0.2, 0.25) is 0 Å². The monoisotopic (exact) mass is 327 g/mol. The lowest BCUT2D eigenvalue weighted by Crippen LogP contribution is -2.43. The fourth-order valence-electron chi connectivity index (χ4n) is 1.55. The van der Waals surface area contributed by atoms with Crippen molar-refractivity contribution in [2.24, 2.45) is 0 Å². The molecule has 0 fully saturated rings. The number of carbonyl (C=O) groups excluding carboxylic acids is 1. The van der Waals surface area contributed by atoms with E-state index in [2.05, 4.69) is 17.9 Å². The Kier molecular flexibility index (Phi) is 8.00. The Morgan fingerprint density at radius 2 is 1.64 bits per heavy atom. The zero-order valence-electron chi connectivity index (χ0n) is 12.1. The average molecular weight is 327 g/mol. The van der Waals surface area contributed by atoms with Gasteiger partial charge in [-0.3, -0.25) is 4.90 Å². The molecule has 0 saturated carbocycles. The Bertz CT molecular complexity index is 419. The second-order valence-corrected chi connectivity index (χ2v) is 4.27. The maximum absolute atomic E-state index is 13.6. The fourth-order valence-corrected chi connectivity index (χ4v) is 1.55. The van der Waals surface area contributed by atoms with Gasteiger partial charge in [-0.05, 0) is 6.92 Å².